The van der Waals surface area contributed by atoms with Crippen molar-refractivity contribution in [3.8, 4) is 0 Å². The number of fused-ring (bicyclic) bond motifs is 1. The van der Waals surface area contributed by atoms with Crippen LogP contribution in [0.3, 0.4) is 0 Å². The molecule has 0 spiro atoms. The summed E-state index contributed by atoms with van der Waals surface area (Å²) in [5.74, 6) is -0.446. The molecule has 7 heteroatoms. The lowest BCUT2D eigenvalue weighted by Crippen LogP contribution is -2.49. The third-order valence-electron chi connectivity index (χ3n) is 5.18. The summed E-state index contributed by atoms with van der Waals surface area (Å²) in [6, 6.07) is 16.6. The molecule has 2 amide bonds. The molecule has 1 aliphatic heterocycles. The molecule has 2 heterocycles. The maximum atomic E-state index is 13.0. The molecule has 1 aliphatic rings. The SMILES string of the molecule is COC(=O)[C@H](Cc1ccccc1)NC(=O)N1CCCC1c1nc2ccccc2s1. The first-order valence-electron chi connectivity index (χ1n) is 9.70. The van der Waals surface area contributed by atoms with E-state index < -0.39 is 12.0 Å². The predicted molar refractivity (Wildman–Crippen MR) is 113 cm³/mol. The number of nitrogens with zero attached hydrogens (tertiary/aromatic N) is 2. The molecule has 0 radical (unpaired) electrons. The number of carbonyl (C=O) groups is 2. The van der Waals surface area contributed by atoms with Crippen LogP contribution < -0.4 is 5.32 Å². The molecule has 1 N–H and O–H groups in total. The van der Waals surface area contributed by atoms with Gasteiger partial charge in [0, 0.05) is 13.0 Å². The first-order valence-corrected chi connectivity index (χ1v) is 10.5. The zero-order valence-corrected chi connectivity index (χ0v) is 17.0. The Morgan fingerprint density at radius 1 is 1.21 bits per heavy atom. The van der Waals surface area contributed by atoms with E-state index in [9.17, 15) is 9.59 Å². The minimum atomic E-state index is -0.730. The van der Waals surface area contributed by atoms with Gasteiger partial charge in [0.25, 0.3) is 0 Å². The van der Waals surface area contributed by atoms with Crippen molar-refractivity contribution in [1.82, 2.24) is 15.2 Å². The maximum absolute atomic E-state index is 13.0. The van der Waals surface area contributed by atoms with E-state index in [1.807, 2.05) is 54.6 Å². The number of hydrogen-bond acceptors (Lipinski definition) is 5. The smallest absolute Gasteiger partial charge is 0.328 e. The molecule has 3 aromatic rings. The van der Waals surface area contributed by atoms with Gasteiger partial charge in [-0.2, -0.15) is 0 Å². The summed E-state index contributed by atoms with van der Waals surface area (Å²) in [5.41, 5.74) is 1.92. The van der Waals surface area contributed by atoms with Crippen LogP contribution in [0.5, 0.6) is 0 Å². The number of urea groups is 1. The second kappa shape index (κ2) is 8.61. The van der Waals surface area contributed by atoms with Crippen molar-refractivity contribution in [3.63, 3.8) is 0 Å². The van der Waals surface area contributed by atoms with Crippen LogP contribution in [0.2, 0.25) is 0 Å². The molecule has 0 bridgehead atoms. The third-order valence-corrected chi connectivity index (χ3v) is 6.31. The van der Waals surface area contributed by atoms with Crippen LogP contribution in [0.4, 0.5) is 4.79 Å². The van der Waals surface area contributed by atoms with Crippen LogP contribution in [0.25, 0.3) is 10.2 Å². The number of para-hydroxylation sites is 1. The van der Waals surface area contributed by atoms with E-state index in [4.69, 9.17) is 9.72 Å². The topological polar surface area (TPSA) is 71.5 Å². The van der Waals surface area contributed by atoms with Crippen LogP contribution in [0, 0.1) is 0 Å². The number of likely N-dealkylation sites (tertiary alicyclic amines) is 1. The van der Waals surface area contributed by atoms with Crippen molar-refractivity contribution in [1.29, 1.82) is 0 Å². The average molecular weight is 410 g/mol. The number of ether oxygens (including phenoxy) is 1. The monoisotopic (exact) mass is 409 g/mol. The Kier molecular flexibility index (Phi) is 5.76. The molecule has 1 saturated heterocycles. The summed E-state index contributed by atoms with van der Waals surface area (Å²) in [7, 11) is 1.34. The summed E-state index contributed by atoms with van der Waals surface area (Å²) >= 11 is 1.62. The Labute approximate surface area is 173 Å². The standard InChI is InChI=1S/C22H23N3O3S/c1-28-21(26)17(14-15-8-3-2-4-9-15)24-22(27)25-13-7-11-18(25)20-23-16-10-5-6-12-19(16)29-20/h2-6,8-10,12,17-18H,7,11,13-14H2,1H3,(H,24,27)/t17-,18?/m0/s1. The van der Waals surface area contributed by atoms with Crippen LogP contribution in [-0.2, 0) is 16.0 Å². The van der Waals surface area contributed by atoms with Gasteiger partial charge < -0.3 is 15.0 Å². The number of hydrogen-bond donors (Lipinski definition) is 1. The molecule has 1 aromatic heterocycles. The van der Waals surface area contributed by atoms with Crippen LogP contribution in [0.1, 0.15) is 29.5 Å². The maximum Gasteiger partial charge on any atom is 0.328 e. The molecule has 150 valence electrons. The molecule has 1 fully saturated rings. The summed E-state index contributed by atoms with van der Waals surface area (Å²) in [4.78, 5) is 31.8. The van der Waals surface area contributed by atoms with E-state index in [0.717, 1.165) is 33.6 Å². The average Bonchev–Trinajstić information content (AvgIpc) is 3.40. The molecule has 0 saturated carbocycles. The predicted octanol–water partition coefficient (Wildman–Crippen LogP) is 3.93. The number of thiazole rings is 1. The second-order valence-electron chi connectivity index (χ2n) is 7.09. The van der Waals surface area contributed by atoms with Gasteiger partial charge in [-0.3, -0.25) is 0 Å². The Morgan fingerprint density at radius 2 is 1.97 bits per heavy atom. The van der Waals surface area contributed by atoms with Crippen molar-refractivity contribution in [2.45, 2.75) is 31.3 Å². The van der Waals surface area contributed by atoms with Gasteiger partial charge in [-0.15, -0.1) is 11.3 Å². The lowest BCUT2D eigenvalue weighted by Gasteiger charge is -2.26. The molecule has 4 rings (SSSR count). The zero-order valence-electron chi connectivity index (χ0n) is 16.2. The number of benzene rings is 2. The molecule has 29 heavy (non-hydrogen) atoms. The number of rotatable bonds is 5. The van der Waals surface area contributed by atoms with Crippen molar-refractivity contribution < 1.29 is 14.3 Å². The molecule has 0 aliphatic carbocycles. The number of amides is 2. The van der Waals surface area contributed by atoms with Gasteiger partial charge in [0.05, 0.1) is 23.4 Å². The molecular weight excluding hydrogens is 386 g/mol. The third kappa shape index (κ3) is 4.24. The first kappa shape index (κ1) is 19.4. The van der Waals surface area contributed by atoms with Gasteiger partial charge in [-0.25, -0.2) is 14.6 Å². The highest BCUT2D eigenvalue weighted by Gasteiger charge is 2.34. The number of aromatic nitrogens is 1. The molecule has 2 aromatic carbocycles. The van der Waals surface area contributed by atoms with Crippen molar-refractivity contribution in [3.05, 3.63) is 65.2 Å². The molecule has 1 unspecified atom stereocenters. The molecular formula is C22H23N3O3S. The van der Waals surface area contributed by atoms with E-state index in [0.29, 0.717) is 13.0 Å². The fourth-order valence-electron chi connectivity index (χ4n) is 3.72. The van der Waals surface area contributed by atoms with Crippen LogP contribution >= 0.6 is 11.3 Å². The Hall–Kier alpha value is -2.93. The van der Waals surface area contributed by atoms with Crippen molar-refractivity contribution >= 4 is 33.6 Å². The van der Waals surface area contributed by atoms with E-state index in [-0.39, 0.29) is 12.1 Å². The van der Waals surface area contributed by atoms with E-state index in [1.54, 1.807) is 16.2 Å². The lowest BCUT2D eigenvalue weighted by atomic mass is 10.1. The Bertz CT molecular complexity index is 972. The van der Waals surface area contributed by atoms with Crippen LogP contribution in [-0.4, -0.2) is 41.6 Å². The minimum Gasteiger partial charge on any atom is -0.467 e. The Morgan fingerprint density at radius 3 is 2.72 bits per heavy atom. The van der Waals surface area contributed by atoms with Gasteiger partial charge in [-0.1, -0.05) is 42.5 Å². The second-order valence-corrected chi connectivity index (χ2v) is 8.15. The van der Waals surface area contributed by atoms with Gasteiger partial charge in [-0.05, 0) is 30.5 Å². The number of nitrogens with one attached hydrogen (secondary N) is 1. The van der Waals surface area contributed by atoms with Gasteiger partial charge in [0.15, 0.2) is 0 Å². The Balaban J connectivity index is 1.51. The highest BCUT2D eigenvalue weighted by molar-refractivity contribution is 7.18. The fraction of sp³-hybridized carbons (Fsp3) is 0.318. The van der Waals surface area contributed by atoms with Gasteiger partial charge in [0.2, 0.25) is 0 Å². The summed E-state index contributed by atoms with van der Waals surface area (Å²) in [5, 5.41) is 3.82. The molecule has 2 atom stereocenters. The molecule has 6 nitrogen and oxygen atoms in total. The number of esters is 1. The van der Waals surface area contributed by atoms with Crippen LogP contribution in [0.15, 0.2) is 54.6 Å². The normalized spacial score (nSPS) is 17.3. The summed E-state index contributed by atoms with van der Waals surface area (Å²) in [6.07, 6.45) is 2.17. The quantitative estimate of drug-likeness (QED) is 0.648. The highest BCUT2D eigenvalue weighted by Crippen LogP contribution is 2.36. The van der Waals surface area contributed by atoms with E-state index in [2.05, 4.69) is 5.32 Å². The van der Waals surface area contributed by atoms with Crippen molar-refractivity contribution in [2.75, 3.05) is 13.7 Å². The minimum absolute atomic E-state index is 0.0672. The van der Waals surface area contributed by atoms with Gasteiger partial charge in [0.1, 0.15) is 11.0 Å². The van der Waals surface area contributed by atoms with Gasteiger partial charge >= 0.3 is 12.0 Å². The lowest BCUT2D eigenvalue weighted by molar-refractivity contribution is -0.142. The number of carbonyl (C=O) groups excluding carboxylic acids is 2. The summed E-state index contributed by atoms with van der Waals surface area (Å²) < 4.78 is 6.03. The zero-order chi connectivity index (χ0) is 20.2. The van der Waals surface area contributed by atoms with E-state index in [1.165, 1.54) is 7.11 Å². The fourth-order valence-corrected chi connectivity index (χ4v) is 4.83. The summed E-state index contributed by atoms with van der Waals surface area (Å²) in [6.45, 7) is 0.644. The largest absolute Gasteiger partial charge is 0.467 e. The van der Waals surface area contributed by atoms with E-state index >= 15 is 0 Å². The highest BCUT2D eigenvalue weighted by atomic mass is 32.1. The number of methoxy groups -OCH3 is 1. The van der Waals surface area contributed by atoms with Crippen molar-refractivity contribution in [2.24, 2.45) is 0 Å². The first-order chi connectivity index (χ1) is 14.2.